The van der Waals surface area contributed by atoms with Crippen molar-refractivity contribution in [1.29, 1.82) is 0 Å². The number of hydrogen-bond acceptors (Lipinski definition) is 8. The number of ether oxygens (including phenoxy) is 4. The van der Waals surface area contributed by atoms with Crippen LogP contribution in [0.3, 0.4) is 0 Å². The van der Waals surface area contributed by atoms with Gasteiger partial charge >= 0.3 is 0 Å². The van der Waals surface area contributed by atoms with E-state index in [0.29, 0.717) is 60.9 Å². The molecule has 0 aromatic heterocycles. The second kappa shape index (κ2) is 15.3. The van der Waals surface area contributed by atoms with Crippen LogP contribution < -0.4 is 29.6 Å². The lowest BCUT2D eigenvalue weighted by atomic mass is 10.00. The molecular weight excluding hydrogens is 590 g/mol. The van der Waals surface area contributed by atoms with E-state index in [-0.39, 0.29) is 49.5 Å². The van der Waals surface area contributed by atoms with Crippen molar-refractivity contribution < 1.29 is 38.1 Å². The molecule has 11 heteroatoms. The third-order valence-electron chi connectivity index (χ3n) is 8.15. The molecular formula is C35H39N3O8. The number of ketones is 1. The van der Waals surface area contributed by atoms with E-state index in [4.69, 9.17) is 18.9 Å². The van der Waals surface area contributed by atoms with Gasteiger partial charge in [-0.05, 0) is 66.1 Å². The summed E-state index contributed by atoms with van der Waals surface area (Å²) in [6.07, 6.45) is 1.00. The number of nitrogens with one attached hydrogen (secondary N) is 2. The summed E-state index contributed by atoms with van der Waals surface area (Å²) < 4.78 is 22.7. The second-order valence-electron chi connectivity index (χ2n) is 11.3. The molecule has 0 unspecified atom stereocenters. The van der Waals surface area contributed by atoms with E-state index in [1.54, 1.807) is 48.4 Å². The minimum absolute atomic E-state index is 0.0496. The Balaban J connectivity index is 1.28. The molecule has 46 heavy (non-hydrogen) atoms. The van der Waals surface area contributed by atoms with Crippen molar-refractivity contribution in [3.8, 4) is 23.0 Å². The molecule has 5 heterocycles. The lowest BCUT2D eigenvalue weighted by molar-refractivity contribution is -0.135. The SMILES string of the molecule is COc1ccc(C(=O)CCC(=O)N2CC[C@H]3Oc4ccc(cc4)CNC(=O)CCc4ccc(c(OC)c4)OCC(=O)N[C@@H]3C2)cc1. The summed E-state index contributed by atoms with van der Waals surface area (Å²) in [5.41, 5.74) is 2.34. The topological polar surface area (TPSA) is 132 Å². The Morgan fingerprint density at radius 2 is 1.65 bits per heavy atom. The highest BCUT2D eigenvalue weighted by Crippen LogP contribution is 2.29. The number of Topliss-reactive ketones (excluding diaryl/α,β-unsaturated/α-hetero) is 1. The monoisotopic (exact) mass is 629 g/mol. The number of nitrogens with zero attached hydrogens (tertiary/aromatic N) is 1. The molecule has 1 fully saturated rings. The van der Waals surface area contributed by atoms with Gasteiger partial charge in [0.05, 0.1) is 20.3 Å². The molecule has 3 amide bonds. The van der Waals surface area contributed by atoms with Gasteiger partial charge in [0.1, 0.15) is 17.6 Å². The molecule has 242 valence electrons. The Labute approximate surface area is 268 Å². The van der Waals surface area contributed by atoms with E-state index in [9.17, 15) is 19.2 Å². The maximum atomic E-state index is 13.2. The van der Waals surface area contributed by atoms with Gasteiger partial charge in [-0.25, -0.2) is 0 Å². The summed E-state index contributed by atoms with van der Waals surface area (Å²) in [6, 6.07) is 19.1. The van der Waals surface area contributed by atoms with Crippen LogP contribution in [0.2, 0.25) is 0 Å². The smallest absolute Gasteiger partial charge is 0.258 e. The van der Waals surface area contributed by atoms with E-state index >= 15 is 0 Å². The number of piperidine rings is 1. The summed E-state index contributed by atoms with van der Waals surface area (Å²) in [4.78, 5) is 53.2. The number of amides is 3. The quantitative estimate of drug-likeness (QED) is 0.397. The van der Waals surface area contributed by atoms with Gasteiger partial charge in [-0.1, -0.05) is 18.2 Å². The normalized spacial score (nSPS) is 18.7. The van der Waals surface area contributed by atoms with Crippen LogP contribution in [0.25, 0.3) is 0 Å². The van der Waals surface area contributed by atoms with Gasteiger partial charge in [0.15, 0.2) is 23.9 Å². The highest BCUT2D eigenvalue weighted by atomic mass is 16.5. The number of likely N-dealkylation sites (tertiary alicyclic amines) is 1. The first-order chi connectivity index (χ1) is 22.3. The first kappa shape index (κ1) is 32.3. The number of carbonyl (C=O) groups excluding carboxylic acids is 4. The molecule has 0 aliphatic carbocycles. The largest absolute Gasteiger partial charge is 0.497 e. The van der Waals surface area contributed by atoms with Crippen molar-refractivity contribution in [1.82, 2.24) is 15.5 Å². The zero-order valence-corrected chi connectivity index (χ0v) is 26.1. The van der Waals surface area contributed by atoms with Gasteiger partial charge in [0, 0.05) is 50.9 Å². The maximum Gasteiger partial charge on any atom is 0.258 e. The van der Waals surface area contributed by atoms with Gasteiger partial charge < -0.3 is 34.5 Å². The molecule has 0 saturated carbocycles. The predicted molar refractivity (Wildman–Crippen MR) is 169 cm³/mol. The van der Waals surface area contributed by atoms with E-state index in [1.165, 1.54) is 7.11 Å². The summed E-state index contributed by atoms with van der Waals surface area (Å²) in [5, 5.41) is 5.95. The molecule has 0 spiro atoms. The Morgan fingerprint density at radius 1 is 0.891 bits per heavy atom. The van der Waals surface area contributed by atoms with Crippen LogP contribution in [0.5, 0.6) is 23.0 Å². The van der Waals surface area contributed by atoms with Crippen molar-refractivity contribution in [3.63, 3.8) is 0 Å². The number of hydrogen-bond donors (Lipinski definition) is 2. The molecule has 11 nitrogen and oxygen atoms in total. The van der Waals surface area contributed by atoms with Crippen LogP contribution in [0.1, 0.15) is 47.2 Å². The average molecular weight is 630 g/mol. The summed E-state index contributed by atoms with van der Waals surface area (Å²) in [7, 11) is 3.07. The first-order valence-electron chi connectivity index (χ1n) is 15.4. The minimum Gasteiger partial charge on any atom is -0.497 e. The first-order valence-corrected chi connectivity index (χ1v) is 15.4. The Bertz CT molecular complexity index is 1540. The van der Waals surface area contributed by atoms with Gasteiger partial charge in [-0.15, -0.1) is 0 Å². The zero-order valence-electron chi connectivity index (χ0n) is 26.1. The lowest BCUT2D eigenvalue weighted by Gasteiger charge is -2.39. The van der Waals surface area contributed by atoms with Gasteiger partial charge in [0.25, 0.3) is 5.91 Å². The molecule has 2 N–H and O–H groups in total. The van der Waals surface area contributed by atoms with Crippen molar-refractivity contribution in [2.75, 3.05) is 33.9 Å². The fourth-order valence-electron chi connectivity index (χ4n) is 5.52. The fraction of sp³-hybridized carbons (Fsp3) is 0.371. The second-order valence-corrected chi connectivity index (χ2v) is 11.3. The highest BCUT2D eigenvalue weighted by Gasteiger charge is 2.34. The predicted octanol–water partition coefficient (Wildman–Crippen LogP) is 3.47. The molecule has 4 bridgehead atoms. The average Bonchev–Trinajstić information content (AvgIpc) is 3.08. The number of rotatable bonds is 6. The number of aryl methyl sites for hydroxylation is 1. The van der Waals surface area contributed by atoms with Crippen molar-refractivity contribution in [2.45, 2.75) is 50.8 Å². The maximum absolute atomic E-state index is 13.2. The molecule has 5 aliphatic heterocycles. The number of benzene rings is 3. The van der Waals surface area contributed by atoms with Crippen LogP contribution >= 0.6 is 0 Å². The Morgan fingerprint density at radius 3 is 2.39 bits per heavy atom. The molecule has 0 radical (unpaired) electrons. The van der Waals surface area contributed by atoms with Crippen molar-refractivity contribution >= 4 is 23.5 Å². The highest BCUT2D eigenvalue weighted by molar-refractivity contribution is 5.98. The van der Waals surface area contributed by atoms with Crippen LogP contribution in [-0.4, -0.2) is 74.5 Å². The summed E-state index contributed by atoms with van der Waals surface area (Å²) in [6.45, 7) is 0.737. The lowest BCUT2D eigenvalue weighted by Crippen LogP contribution is -2.58. The number of methoxy groups -OCH3 is 2. The molecule has 3 aromatic carbocycles. The van der Waals surface area contributed by atoms with Crippen LogP contribution in [-0.2, 0) is 27.3 Å². The van der Waals surface area contributed by atoms with Crippen LogP contribution in [0.4, 0.5) is 0 Å². The molecule has 2 atom stereocenters. The minimum atomic E-state index is -0.528. The van der Waals surface area contributed by atoms with Crippen molar-refractivity contribution in [2.24, 2.45) is 0 Å². The fourth-order valence-corrected chi connectivity index (χ4v) is 5.52. The van der Waals surface area contributed by atoms with Gasteiger partial charge in [0.2, 0.25) is 11.8 Å². The standard InChI is InChI=1S/C35H39N3O8/c1-43-26-11-7-25(8-12-26)29(39)13-16-35(42)38-18-17-30-28(21-38)37-34(41)22-45-31-14-5-23(19-32(31)44-2)6-15-33(40)36-20-24-3-9-27(46-30)10-4-24/h3-5,7-12,14,19,28,30H,6,13,15-18,20-22H2,1-2H3,(H,36,40)(H,37,41)/t28-,30-/m1/s1. The zero-order chi connectivity index (χ0) is 32.5. The van der Waals surface area contributed by atoms with Crippen LogP contribution in [0, 0.1) is 0 Å². The van der Waals surface area contributed by atoms with E-state index in [0.717, 1.165) is 11.1 Å². The van der Waals surface area contributed by atoms with E-state index in [2.05, 4.69) is 10.6 Å². The third-order valence-corrected chi connectivity index (χ3v) is 8.15. The van der Waals surface area contributed by atoms with Crippen molar-refractivity contribution in [3.05, 3.63) is 83.4 Å². The van der Waals surface area contributed by atoms with E-state index in [1.807, 2.05) is 30.3 Å². The molecule has 1 saturated heterocycles. The van der Waals surface area contributed by atoms with Gasteiger partial charge in [-0.3, -0.25) is 19.2 Å². The van der Waals surface area contributed by atoms with Crippen LogP contribution in [0.15, 0.2) is 66.7 Å². The number of carbonyl (C=O) groups is 4. The molecule has 3 aromatic rings. The Kier molecular flexibility index (Phi) is 10.7. The molecule has 5 aliphatic rings. The van der Waals surface area contributed by atoms with Gasteiger partial charge in [-0.2, -0.15) is 0 Å². The van der Waals surface area contributed by atoms with E-state index < -0.39 is 12.1 Å². The summed E-state index contributed by atoms with van der Waals surface area (Å²) >= 11 is 0. The summed E-state index contributed by atoms with van der Waals surface area (Å²) in [5.74, 6) is 1.36. The third kappa shape index (κ3) is 8.56. The molecule has 8 rings (SSSR count). The Hall–Kier alpha value is -5.06.